The number of hydrogen-bond acceptors (Lipinski definition) is 5. The van der Waals surface area contributed by atoms with Gasteiger partial charge in [0.1, 0.15) is 11.8 Å². The summed E-state index contributed by atoms with van der Waals surface area (Å²) in [5, 5.41) is 2.28. The van der Waals surface area contributed by atoms with Crippen molar-refractivity contribution in [3.8, 4) is 5.75 Å². The molecule has 0 saturated carbocycles. The normalized spacial score (nSPS) is 20.9. The van der Waals surface area contributed by atoms with E-state index in [1.165, 1.54) is 12.0 Å². The van der Waals surface area contributed by atoms with Gasteiger partial charge in [0.2, 0.25) is 11.8 Å². The lowest BCUT2D eigenvalue weighted by Gasteiger charge is -2.29. The molecule has 1 saturated heterocycles. The van der Waals surface area contributed by atoms with Gasteiger partial charge in [0.15, 0.2) is 0 Å². The summed E-state index contributed by atoms with van der Waals surface area (Å²) in [4.78, 5) is 37.3. The van der Waals surface area contributed by atoms with Gasteiger partial charge in [-0.05, 0) is 12.5 Å². The highest BCUT2D eigenvalue weighted by Crippen LogP contribution is 2.35. The van der Waals surface area contributed by atoms with Crippen molar-refractivity contribution in [2.75, 3.05) is 7.11 Å². The van der Waals surface area contributed by atoms with Gasteiger partial charge in [0, 0.05) is 29.7 Å². The molecule has 22 heavy (non-hydrogen) atoms. The van der Waals surface area contributed by atoms with Crippen molar-refractivity contribution in [2.45, 2.75) is 32.0 Å². The summed E-state index contributed by atoms with van der Waals surface area (Å²) in [5.41, 5.74) is 7.79. The van der Waals surface area contributed by atoms with E-state index in [2.05, 4.69) is 5.32 Å². The Kier molecular flexibility index (Phi) is 3.58. The molecule has 116 valence electrons. The molecule has 2 heterocycles. The standard InChI is InChI=1S/C15H17N3O4/c1-22-13-8(6-16)2-3-9-10(13)7-18(15(9)21)11-4-5-12(19)17-14(11)20/h2-3,11H,4-7,16H2,1H3,(H,17,19,20). The maximum Gasteiger partial charge on any atom is 0.255 e. The van der Waals surface area contributed by atoms with Gasteiger partial charge in [0.25, 0.3) is 5.91 Å². The summed E-state index contributed by atoms with van der Waals surface area (Å²) in [5.74, 6) is -0.335. The van der Waals surface area contributed by atoms with Gasteiger partial charge in [-0.15, -0.1) is 0 Å². The first-order chi connectivity index (χ1) is 10.6. The molecule has 3 N–H and O–H groups in total. The molecule has 1 unspecified atom stereocenters. The van der Waals surface area contributed by atoms with E-state index in [9.17, 15) is 14.4 Å². The zero-order valence-electron chi connectivity index (χ0n) is 12.2. The largest absolute Gasteiger partial charge is 0.496 e. The number of ether oxygens (including phenoxy) is 1. The van der Waals surface area contributed by atoms with Crippen LogP contribution < -0.4 is 15.8 Å². The molecule has 3 rings (SSSR count). The first-order valence-electron chi connectivity index (χ1n) is 7.10. The molecule has 0 spiro atoms. The molecule has 1 atom stereocenters. The number of methoxy groups -OCH3 is 1. The monoisotopic (exact) mass is 303 g/mol. The van der Waals surface area contributed by atoms with Crippen molar-refractivity contribution >= 4 is 17.7 Å². The maximum atomic E-state index is 12.6. The molecule has 3 amide bonds. The topological polar surface area (TPSA) is 102 Å². The van der Waals surface area contributed by atoms with Gasteiger partial charge in [0.05, 0.1) is 13.7 Å². The molecule has 2 aliphatic heterocycles. The van der Waals surface area contributed by atoms with E-state index in [-0.39, 0.29) is 24.8 Å². The average Bonchev–Trinajstić information content (AvgIpc) is 2.83. The average molecular weight is 303 g/mol. The van der Waals surface area contributed by atoms with E-state index in [1.807, 2.05) is 0 Å². The molecule has 1 fully saturated rings. The zero-order valence-corrected chi connectivity index (χ0v) is 12.2. The van der Waals surface area contributed by atoms with Crippen LogP contribution in [0, 0.1) is 0 Å². The molecular formula is C15H17N3O4. The molecule has 0 radical (unpaired) electrons. The second kappa shape index (κ2) is 5.42. The number of piperidine rings is 1. The van der Waals surface area contributed by atoms with E-state index >= 15 is 0 Å². The summed E-state index contributed by atoms with van der Waals surface area (Å²) in [7, 11) is 1.54. The summed E-state index contributed by atoms with van der Waals surface area (Å²) < 4.78 is 5.39. The number of hydrogen-bond donors (Lipinski definition) is 2. The fourth-order valence-electron chi connectivity index (χ4n) is 3.08. The van der Waals surface area contributed by atoms with Crippen LogP contribution in [0.15, 0.2) is 12.1 Å². The Labute approximate surface area is 127 Å². The summed E-state index contributed by atoms with van der Waals surface area (Å²) in [6.45, 7) is 0.598. The first kappa shape index (κ1) is 14.5. The molecule has 7 heteroatoms. The van der Waals surface area contributed by atoms with Crippen LogP contribution in [0.1, 0.15) is 34.3 Å². The molecule has 0 aliphatic carbocycles. The third-order valence-corrected chi connectivity index (χ3v) is 4.17. The second-order valence-corrected chi connectivity index (χ2v) is 5.39. The van der Waals surface area contributed by atoms with Gasteiger partial charge in [-0.25, -0.2) is 0 Å². The van der Waals surface area contributed by atoms with Crippen molar-refractivity contribution in [1.29, 1.82) is 0 Å². The lowest BCUT2D eigenvalue weighted by atomic mass is 10.0. The number of imide groups is 1. The maximum absolute atomic E-state index is 12.6. The van der Waals surface area contributed by atoms with Crippen LogP contribution in [0.25, 0.3) is 0 Å². The van der Waals surface area contributed by atoms with Crippen LogP contribution in [0.4, 0.5) is 0 Å². The number of nitrogens with zero attached hydrogens (tertiary/aromatic N) is 1. The number of fused-ring (bicyclic) bond motifs is 1. The van der Waals surface area contributed by atoms with Crippen LogP contribution in [0.2, 0.25) is 0 Å². The third-order valence-electron chi connectivity index (χ3n) is 4.17. The molecule has 7 nitrogen and oxygen atoms in total. The van der Waals surface area contributed by atoms with Crippen LogP contribution in [-0.2, 0) is 22.7 Å². The highest BCUT2D eigenvalue weighted by Gasteiger charge is 2.40. The minimum absolute atomic E-state index is 0.216. The highest BCUT2D eigenvalue weighted by atomic mass is 16.5. The number of carbonyl (C=O) groups excluding carboxylic acids is 3. The van der Waals surface area contributed by atoms with E-state index in [4.69, 9.17) is 10.5 Å². The molecule has 0 aromatic heterocycles. The Balaban J connectivity index is 1.94. The van der Waals surface area contributed by atoms with E-state index < -0.39 is 11.9 Å². The minimum atomic E-state index is -0.622. The zero-order chi connectivity index (χ0) is 15.9. The quantitative estimate of drug-likeness (QED) is 0.760. The number of rotatable bonds is 3. The van der Waals surface area contributed by atoms with Crippen LogP contribution in [0.5, 0.6) is 5.75 Å². The van der Waals surface area contributed by atoms with Crippen LogP contribution in [-0.4, -0.2) is 35.8 Å². The van der Waals surface area contributed by atoms with Gasteiger partial charge in [-0.2, -0.15) is 0 Å². The first-order valence-corrected chi connectivity index (χ1v) is 7.10. The molecular weight excluding hydrogens is 286 g/mol. The Morgan fingerprint density at radius 1 is 1.36 bits per heavy atom. The van der Waals surface area contributed by atoms with Gasteiger partial charge < -0.3 is 15.4 Å². The predicted molar refractivity (Wildman–Crippen MR) is 76.9 cm³/mol. The Morgan fingerprint density at radius 3 is 2.77 bits per heavy atom. The van der Waals surface area contributed by atoms with Crippen molar-refractivity contribution < 1.29 is 19.1 Å². The number of amides is 3. The predicted octanol–water partition coefficient (Wildman–Crippen LogP) is -0.0851. The fraction of sp³-hybridized carbons (Fsp3) is 0.400. The third kappa shape index (κ3) is 2.14. The fourth-order valence-corrected chi connectivity index (χ4v) is 3.08. The number of carbonyl (C=O) groups is 3. The minimum Gasteiger partial charge on any atom is -0.496 e. The van der Waals surface area contributed by atoms with Gasteiger partial charge in [-0.3, -0.25) is 19.7 Å². The van der Waals surface area contributed by atoms with Crippen LogP contribution >= 0.6 is 0 Å². The number of nitrogens with one attached hydrogen (secondary N) is 1. The molecule has 0 bridgehead atoms. The lowest BCUT2D eigenvalue weighted by Crippen LogP contribution is -2.52. The highest BCUT2D eigenvalue weighted by molar-refractivity contribution is 6.05. The van der Waals surface area contributed by atoms with E-state index in [0.29, 0.717) is 24.3 Å². The molecule has 1 aromatic rings. The van der Waals surface area contributed by atoms with Crippen molar-refractivity contribution in [3.05, 3.63) is 28.8 Å². The van der Waals surface area contributed by atoms with Gasteiger partial charge >= 0.3 is 0 Å². The van der Waals surface area contributed by atoms with E-state index in [0.717, 1.165) is 11.1 Å². The van der Waals surface area contributed by atoms with Crippen LogP contribution in [0.3, 0.4) is 0 Å². The Hall–Kier alpha value is -2.41. The summed E-state index contributed by atoms with van der Waals surface area (Å²) >= 11 is 0. The van der Waals surface area contributed by atoms with Crippen molar-refractivity contribution in [1.82, 2.24) is 10.2 Å². The SMILES string of the molecule is COc1c(CN)ccc2c1CN(C1CCC(=O)NC1=O)C2=O. The van der Waals surface area contributed by atoms with Gasteiger partial charge in [-0.1, -0.05) is 6.07 Å². The Bertz CT molecular complexity index is 671. The summed E-state index contributed by atoms with van der Waals surface area (Å²) in [6.07, 6.45) is 0.582. The van der Waals surface area contributed by atoms with Crippen molar-refractivity contribution in [2.24, 2.45) is 5.73 Å². The number of benzene rings is 1. The lowest BCUT2D eigenvalue weighted by molar-refractivity contribution is -0.136. The Morgan fingerprint density at radius 2 is 2.14 bits per heavy atom. The number of nitrogens with two attached hydrogens (primary N) is 1. The molecule has 1 aromatic carbocycles. The second-order valence-electron chi connectivity index (χ2n) is 5.39. The summed E-state index contributed by atoms with van der Waals surface area (Å²) in [6, 6.07) is 2.86. The molecule has 2 aliphatic rings. The smallest absolute Gasteiger partial charge is 0.255 e. The van der Waals surface area contributed by atoms with E-state index in [1.54, 1.807) is 12.1 Å². The van der Waals surface area contributed by atoms with Crippen molar-refractivity contribution in [3.63, 3.8) is 0 Å².